The highest BCUT2D eigenvalue weighted by atomic mass is 19.1. The van der Waals surface area contributed by atoms with Crippen LogP contribution in [-0.2, 0) is 4.79 Å². The topological polar surface area (TPSA) is 50.2 Å². The van der Waals surface area contributed by atoms with E-state index in [9.17, 15) is 9.18 Å². The predicted octanol–water partition coefficient (Wildman–Crippen LogP) is 3.88. The molecule has 0 aromatic carbocycles. The van der Waals surface area contributed by atoms with E-state index < -0.39 is 6.17 Å². The molecule has 1 saturated heterocycles. The third-order valence-electron chi connectivity index (χ3n) is 6.16. The zero-order valence-electron chi connectivity index (χ0n) is 17.4. The normalized spacial score (nSPS) is 22.5. The monoisotopic (exact) mass is 396 g/mol. The van der Waals surface area contributed by atoms with Crippen LogP contribution in [0.1, 0.15) is 44.6 Å². The van der Waals surface area contributed by atoms with Gasteiger partial charge in [0.05, 0.1) is 17.4 Å². The van der Waals surface area contributed by atoms with E-state index in [1.807, 2.05) is 36.9 Å². The van der Waals surface area contributed by atoms with Gasteiger partial charge in [0.2, 0.25) is 0 Å². The van der Waals surface area contributed by atoms with Gasteiger partial charge >= 0.3 is 0 Å². The molecule has 1 aliphatic heterocycles. The summed E-state index contributed by atoms with van der Waals surface area (Å²) < 4.78 is 16.3. The molecule has 0 saturated carbocycles. The van der Waals surface area contributed by atoms with Crippen molar-refractivity contribution in [2.75, 3.05) is 20.1 Å². The lowest BCUT2D eigenvalue weighted by Gasteiger charge is -2.26. The molecule has 2 aromatic rings. The number of likely N-dealkylation sites (N-methyl/N-ethyl adjacent to an activating group) is 1. The van der Waals surface area contributed by atoms with Crippen LogP contribution in [0.5, 0.6) is 0 Å². The number of carbonyl (C=O) groups excluding carboxylic acids is 1. The number of piperidine rings is 1. The van der Waals surface area contributed by atoms with Crippen molar-refractivity contribution in [1.29, 1.82) is 0 Å². The minimum Gasteiger partial charge on any atom is -0.339 e. The Morgan fingerprint density at radius 1 is 1.41 bits per heavy atom. The van der Waals surface area contributed by atoms with Crippen molar-refractivity contribution >= 4 is 22.5 Å². The standard InChI is InChI=1S/C23H29FN4O/c1-15(2)27(3)23(29)19-11-17(24)6-7-21(19)28-14-20(16-5-4-9-25-12-16)18-8-10-26-13-22(18)28/h6-8,10,13-17,25H,4-5,9,11-12H2,1-3H3. The van der Waals surface area contributed by atoms with Gasteiger partial charge in [-0.1, -0.05) is 0 Å². The second-order valence-electron chi connectivity index (χ2n) is 8.34. The zero-order chi connectivity index (χ0) is 20.5. The number of alkyl halides is 1. The van der Waals surface area contributed by atoms with E-state index in [0.29, 0.717) is 11.5 Å². The first-order valence-electron chi connectivity index (χ1n) is 10.5. The number of carbonyl (C=O) groups is 1. The molecule has 154 valence electrons. The molecular weight excluding hydrogens is 367 g/mol. The SMILES string of the molecule is CC(C)N(C)C(=O)C1=C(n2cc(C3CCCNC3)c3ccncc32)C=CC(F)C1. The maximum Gasteiger partial charge on any atom is 0.251 e. The van der Waals surface area contributed by atoms with E-state index >= 15 is 0 Å². The number of fused-ring (bicyclic) bond motifs is 1. The molecule has 5 nitrogen and oxygen atoms in total. The number of aromatic nitrogens is 2. The number of nitrogens with one attached hydrogen (secondary N) is 1. The summed E-state index contributed by atoms with van der Waals surface area (Å²) in [7, 11) is 1.78. The largest absolute Gasteiger partial charge is 0.339 e. The maximum absolute atomic E-state index is 14.2. The average molecular weight is 397 g/mol. The van der Waals surface area contributed by atoms with Crippen LogP contribution in [0.2, 0.25) is 0 Å². The second kappa shape index (κ2) is 8.11. The Balaban J connectivity index is 1.86. The third kappa shape index (κ3) is 3.73. The number of rotatable bonds is 4. The summed E-state index contributed by atoms with van der Waals surface area (Å²) in [6.07, 6.45) is 10.3. The molecule has 2 unspecified atom stereocenters. The molecule has 2 atom stereocenters. The smallest absolute Gasteiger partial charge is 0.251 e. The summed E-state index contributed by atoms with van der Waals surface area (Å²) in [5.74, 6) is 0.308. The van der Waals surface area contributed by atoms with Gasteiger partial charge in [0.25, 0.3) is 5.91 Å². The van der Waals surface area contributed by atoms with Crippen LogP contribution in [0, 0.1) is 0 Å². The van der Waals surface area contributed by atoms with Gasteiger partial charge in [-0.3, -0.25) is 9.78 Å². The number of nitrogens with zero attached hydrogens (tertiary/aromatic N) is 3. The molecule has 0 spiro atoms. The van der Waals surface area contributed by atoms with Crippen LogP contribution in [-0.4, -0.2) is 52.7 Å². The molecule has 0 radical (unpaired) electrons. The summed E-state index contributed by atoms with van der Waals surface area (Å²) in [5, 5.41) is 4.64. The first kappa shape index (κ1) is 19.8. The minimum atomic E-state index is -1.14. The summed E-state index contributed by atoms with van der Waals surface area (Å²) in [4.78, 5) is 19.1. The highest BCUT2D eigenvalue weighted by Crippen LogP contribution is 2.35. The number of allylic oxidation sites excluding steroid dienone is 3. The fourth-order valence-electron chi connectivity index (χ4n) is 4.28. The quantitative estimate of drug-likeness (QED) is 0.853. The highest BCUT2D eigenvalue weighted by molar-refractivity contribution is 6.02. The number of hydrogen-bond acceptors (Lipinski definition) is 3. The predicted molar refractivity (Wildman–Crippen MR) is 114 cm³/mol. The second-order valence-corrected chi connectivity index (χ2v) is 8.34. The first-order valence-corrected chi connectivity index (χ1v) is 10.5. The lowest BCUT2D eigenvalue weighted by atomic mass is 9.92. The molecule has 3 heterocycles. The molecule has 6 heteroatoms. The molecule has 1 aliphatic carbocycles. The molecule has 1 fully saturated rings. The van der Waals surface area contributed by atoms with Gasteiger partial charge in [-0.2, -0.15) is 0 Å². The van der Waals surface area contributed by atoms with E-state index in [0.717, 1.165) is 42.5 Å². The van der Waals surface area contributed by atoms with E-state index in [1.165, 1.54) is 5.56 Å². The van der Waals surface area contributed by atoms with Crippen molar-refractivity contribution < 1.29 is 9.18 Å². The number of amides is 1. The van der Waals surface area contributed by atoms with E-state index in [2.05, 4.69) is 16.5 Å². The Morgan fingerprint density at radius 3 is 2.97 bits per heavy atom. The third-order valence-corrected chi connectivity index (χ3v) is 6.16. The van der Waals surface area contributed by atoms with Crippen LogP contribution < -0.4 is 5.32 Å². The summed E-state index contributed by atoms with van der Waals surface area (Å²) in [6, 6.07) is 2.09. The summed E-state index contributed by atoms with van der Waals surface area (Å²) in [6.45, 7) is 5.94. The molecule has 29 heavy (non-hydrogen) atoms. The minimum absolute atomic E-state index is 0.0483. The van der Waals surface area contributed by atoms with Crippen LogP contribution in [0.15, 0.2) is 42.4 Å². The molecule has 1 amide bonds. The van der Waals surface area contributed by atoms with Gasteiger partial charge < -0.3 is 14.8 Å². The van der Waals surface area contributed by atoms with Crippen LogP contribution in [0.25, 0.3) is 16.6 Å². The van der Waals surface area contributed by atoms with Crippen molar-refractivity contribution in [2.45, 2.75) is 51.2 Å². The Bertz CT molecular complexity index is 968. The fraction of sp³-hybridized carbons (Fsp3) is 0.478. The Kier molecular flexibility index (Phi) is 5.54. The van der Waals surface area contributed by atoms with Crippen LogP contribution >= 0.6 is 0 Å². The molecule has 4 rings (SSSR count). The van der Waals surface area contributed by atoms with Crippen molar-refractivity contribution in [3.8, 4) is 0 Å². The van der Waals surface area contributed by atoms with Gasteiger partial charge in [0.1, 0.15) is 6.17 Å². The summed E-state index contributed by atoms with van der Waals surface area (Å²) in [5.41, 5.74) is 3.50. The van der Waals surface area contributed by atoms with Gasteiger partial charge in [0, 0.05) is 49.4 Å². The number of halogens is 1. The van der Waals surface area contributed by atoms with Gasteiger partial charge in [0.15, 0.2) is 0 Å². The maximum atomic E-state index is 14.2. The fourth-order valence-corrected chi connectivity index (χ4v) is 4.28. The molecular formula is C23H29FN4O. The molecule has 2 aromatic heterocycles. The number of pyridine rings is 1. The van der Waals surface area contributed by atoms with Crippen molar-refractivity contribution in [2.24, 2.45) is 0 Å². The van der Waals surface area contributed by atoms with E-state index in [-0.39, 0.29) is 18.4 Å². The first-order chi connectivity index (χ1) is 14.0. The Hall–Kier alpha value is -2.47. The van der Waals surface area contributed by atoms with Gasteiger partial charge in [-0.15, -0.1) is 0 Å². The van der Waals surface area contributed by atoms with Gasteiger partial charge in [-0.25, -0.2) is 4.39 Å². The van der Waals surface area contributed by atoms with Gasteiger partial charge in [-0.05, 0) is 62.9 Å². The molecule has 0 bridgehead atoms. The van der Waals surface area contributed by atoms with Crippen LogP contribution in [0.4, 0.5) is 4.39 Å². The Labute approximate surface area is 171 Å². The lowest BCUT2D eigenvalue weighted by Crippen LogP contribution is -2.35. The van der Waals surface area contributed by atoms with E-state index in [4.69, 9.17) is 0 Å². The zero-order valence-corrected chi connectivity index (χ0v) is 17.4. The summed E-state index contributed by atoms with van der Waals surface area (Å²) >= 11 is 0. The Morgan fingerprint density at radius 2 is 2.24 bits per heavy atom. The highest BCUT2D eigenvalue weighted by Gasteiger charge is 2.28. The lowest BCUT2D eigenvalue weighted by molar-refractivity contribution is -0.127. The molecule has 2 aliphatic rings. The van der Waals surface area contributed by atoms with Crippen molar-refractivity contribution in [1.82, 2.24) is 19.8 Å². The van der Waals surface area contributed by atoms with Crippen molar-refractivity contribution in [3.63, 3.8) is 0 Å². The van der Waals surface area contributed by atoms with E-state index in [1.54, 1.807) is 24.1 Å². The molecule has 1 N–H and O–H groups in total. The van der Waals surface area contributed by atoms with Crippen LogP contribution in [0.3, 0.4) is 0 Å². The number of hydrogen-bond donors (Lipinski definition) is 1. The average Bonchev–Trinajstić information content (AvgIpc) is 3.13. The van der Waals surface area contributed by atoms with Crippen molar-refractivity contribution in [3.05, 3.63) is 47.9 Å².